The van der Waals surface area contributed by atoms with Gasteiger partial charge in [-0.2, -0.15) is 0 Å². The number of rotatable bonds is 2. The Morgan fingerprint density at radius 2 is 1.27 bits per heavy atom. The summed E-state index contributed by atoms with van der Waals surface area (Å²) in [6.45, 7) is 0. The van der Waals surface area contributed by atoms with Crippen molar-refractivity contribution in [3.63, 3.8) is 0 Å². The van der Waals surface area contributed by atoms with Crippen LogP contribution in [0.4, 0.5) is 0 Å². The molecule has 9 rings (SSSR count). The average Bonchev–Trinajstić information content (AvgIpc) is 3.55. The summed E-state index contributed by atoms with van der Waals surface area (Å²) in [6.07, 6.45) is 0. The zero-order valence-corrected chi connectivity index (χ0v) is 21.4. The first kappa shape index (κ1) is 14.3. The van der Waals surface area contributed by atoms with Gasteiger partial charge in [-0.3, -0.25) is 0 Å². The number of furan rings is 1. The summed E-state index contributed by atoms with van der Waals surface area (Å²) in [6, 6.07) is 19.5. The van der Waals surface area contributed by atoms with Gasteiger partial charge in [-0.25, -0.2) is 0 Å². The molecule has 0 N–H and O–H groups in total. The normalized spacial score (nSPS) is 15.7. The zero-order chi connectivity index (χ0) is 36.5. The van der Waals surface area contributed by atoms with Crippen molar-refractivity contribution in [1.82, 2.24) is 0 Å². The second-order valence-electron chi connectivity index (χ2n) is 10.0. The smallest absolute Gasteiger partial charge is 0.143 e. The highest BCUT2D eigenvalue weighted by Crippen LogP contribution is 2.44. The molecule has 1 nitrogen and oxygen atoms in total. The lowest BCUT2D eigenvalue weighted by Crippen LogP contribution is -1.87. The fraction of sp³-hybridized carbons (Fsp3) is 0. The molecule has 0 spiro atoms. The van der Waals surface area contributed by atoms with E-state index >= 15 is 0 Å². The summed E-state index contributed by atoms with van der Waals surface area (Å²) in [5.41, 5.74) is 3.61. The van der Waals surface area contributed by atoms with E-state index in [1.807, 2.05) is 60.7 Å². The second kappa shape index (κ2) is 8.55. The van der Waals surface area contributed by atoms with Crippen LogP contribution in [0.2, 0.25) is 0 Å². The second-order valence-corrected chi connectivity index (χ2v) is 10.0. The van der Waals surface area contributed by atoms with Gasteiger partial charge in [0.25, 0.3) is 0 Å². The van der Waals surface area contributed by atoms with Gasteiger partial charge in [0, 0.05) is 16.2 Å². The van der Waals surface area contributed by atoms with E-state index in [1.54, 1.807) is 12.1 Å². The highest BCUT2D eigenvalue weighted by Gasteiger charge is 2.18. The monoisotopic (exact) mass is 531 g/mol. The van der Waals surface area contributed by atoms with Gasteiger partial charge in [-0.05, 0) is 84.2 Å². The van der Waals surface area contributed by atoms with Gasteiger partial charge in [-0.15, -0.1) is 0 Å². The van der Waals surface area contributed by atoms with E-state index in [-0.39, 0.29) is 37.9 Å². The molecule has 0 saturated carbocycles. The Hall–Kier alpha value is -5.40. The number of hydrogen-bond donors (Lipinski definition) is 0. The summed E-state index contributed by atoms with van der Waals surface area (Å²) in [7, 11) is 0. The standard InChI is InChI=1S/C40H24O/c1-2-10-25(11-3-1)34-22-28-14-6-9-17-32(28)40-39(34)36-24-29(19-21-37(36)41-40)38-31-16-8-5-13-27(31)23-35-30-15-7-4-12-26(30)18-20-33(35)38/h1-24H/i4D,5D,7D,8D,12D,13D,15D,16D,18D,20D,23D. The quantitative estimate of drug-likeness (QED) is 0.160. The van der Waals surface area contributed by atoms with Gasteiger partial charge in [-0.1, -0.05) is 121 Å². The third kappa shape index (κ3) is 3.30. The molecule has 0 atom stereocenters. The van der Waals surface area contributed by atoms with Gasteiger partial charge in [0.1, 0.15) is 11.2 Å². The maximum absolute atomic E-state index is 9.39. The maximum Gasteiger partial charge on any atom is 0.143 e. The van der Waals surface area contributed by atoms with Gasteiger partial charge >= 0.3 is 0 Å². The average molecular weight is 532 g/mol. The van der Waals surface area contributed by atoms with E-state index < -0.39 is 66.5 Å². The van der Waals surface area contributed by atoms with Crippen LogP contribution in [0, 0.1) is 0 Å². The van der Waals surface area contributed by atoms with Crippen molar-refractivity contribution in [3.8, 4) is 22.3 Å². The third-order valence-electron chi connectivity index (χ3n) is 7.77. The van der Waals surface area contributed by atoms with Crippen molar-refractivity contribution in [2.75, 3.05) is 0 Å². The van der Waals surface area contributed by atoms with Crippen molar-refractivity contribution in [3.05, 3.63) is 145 Å². The molecular weight excluding hydrogens is 496 g/mol. The van der Waals surface area contributed by atoms with Crippen LogP contribution in [0.5, 0.6) is 0 Å². The van der Waals surface area contributed by atoms with Gasteiger partial charge in [0.05, 0.1) is 15.1 Å². The van der Waals surface area contributed by atoms with Crippen LogP contribution in [-0.2, 0) is 0 Å². The van der Waals surface area contributed by atoms with E-state index in [0.717, 1.165) is 27.3 Å². The molecule has 0 amide bonds. The van der Waals surface area contributed by atoms with Crippen molar-refractivity contribution in [2.24, 2.45) is 0 Å². The lowest BCUT2D eigenvalue weighted by Gasteiger charge is -2.14. The molecule has 0 aliphatic rings. The van der Waals surface area contributed by atoms with Crippen LogP contribution in [0.1, 0.15) is 15.1 Å². The zero-order valence-electron chi connectivity index (χ0n) is 32.4. The van der Waals surface area contributed by atoms with Crippen LogP contribution in [-0.4, -0.2) is 0 Å². The Balaban J connectivity index is 1.54. The minimum Gasteiger partial charge on any atom is -0.455 e. The van der Waals surface area contributed by atoms with E-state index in [4.69, 9.17) is 16.8 Å². The maximum atomic E-state index is 9.39. The number of hydrogen-bond acceptors (Lipinski definition) is 1. The van der Waals surface area contributed by atoms with Gasteiger partial charge in [0.15, 0.2) is 0 Å². The minimum absolute atomic E-state index is 0.0223. The highest BCUT2D eigenvalue weighted by atomic mass is 16.3. The van der Waals surface area contributed by atoms with Crippen LogP contribution >= 0.6 is 0 Å². The summed E-state index contributed by atoms with van der Waals surface area (Å²) in [4.78, 5) is 0. The Labute approximate surface area is 252 Å². The molecule has 0 radical (unpaired) electrons. The first-order chi connectivity index (χ1) is 24.9. The lowest BCUT2D eigenvalue weighted by molar-refractivity contribution is 0.673. The Kier molecular flexibility index (Phi) is 2.98. The summed E-state index contributed by atoms with van der Waals surface area (Å²) >= 11 is 0. The molecule has 8 aromatic carbocycles. The number of fused-ring (bicyclic) bond motifs is 9. The third-order valence-corrected chi connectivity index (χ3v) is 7.77. The molecule has 1 aromatic heterocycles. The molecule has 1 heteroatoms. The Morgan fingerprint density at radius 1 is 0.488 bits per heavy atom. The largest absolute Gasteiger partial charge is 0.455 e. The Morgan fingerprint density at radius 3 is 2.17 bits per heavy atom. The number of benzene rings is 8. The molecule has 0 saturated heterocycles. The molecule has 0 fully saturated rings. The fourth-order valence-corrected chi connectivity index (χ4v) is 5.96. The lowest BCUT2D eigenvalue weighted by atomic mass is 9.89. The van der Waals surface area contributed by atoms with Crippen molar-refractivity contribution in [2.45, 2.75) is 0 Å². The highest BCUT2D eigenvalue weighted by molar-refractivity contribution is 6.24. The first-order valence-electron chi connectivity index (χ1n) is 18.7. The first-order valence-corrected chi connectivity index (χ1v) is 13.2. The molecule has 0 unspecified atom stereocenters. The summed E-state index contributed by atoms with van der Waals surface area (Å²) < 4.78 is 104. The van der Waals surface area contributed by atoms with Gasteiger partial charge < -0.3 is 4.42 Å². The molecule has 41 heavy (non-hydrogen) atoms. The van der Waals surface area contributed by atoms with Crippen LogP contribution < -0.4 is 0 Å². The fourth-order valence-electron chi connectivity index (χ4n) is 5.96. The van der Waals surface area contributed by atoms with Crippen molar-refractivity contribution in [1.29, 1.82) is 0 Å². The summed E-state index contributed by atoms with van der Waals surface area (Å²) in [5, 5.41) is 2.67. The van der Waals surface area contributed by atoms with E-state index in [1.165, 1.54) is 0 Å². The molecule has 0 aliphatic heterocycles. The Bertz CT molecular complexity index is 3080. The molecule has 9 aromatic rings. The van der Waals surface area contributed by atoms with E-state index in [2.05, 4.69) is 6.07 Å². The predicted molar refractivity (Wildman–Crippen MR) is 175 cm³/mol. The molecule has 190 valence electrons. The topological polar surface area (TPSA) is 13.1 Å². The summed E-state index contributed by atoms with van der Waals surface area (Å²) in [5.74, 6) is 0. The van der Waals surface area contributed by atoms with Gasteiger partial charge in [0.2, 0.25) is 0 Å². The van der Waals surface area contributed by atoms with Crippen LogP contribution in [0.25, 0.3) is 87.3 Å². The molecule has 1 heterocycles. The molecule has 0 bridgehead atoms. The van der Waals surface area contributed by atoms with Crippen molar-refractivity contribution >= 4 is 65.0 Å². The van der Waals surface area contributed by atoms with Crippen molar-refractivity contribution < 1.29 is 19.5 Å². The van der Waals surface area contributed by atoms with Crippen LogP contribution in [0.3, 0.4) is 0 Å². The SMILES string of the molecule is [2H]c1c([2H])c([2H])c2c([2H])c3c(c([2H])c([2H])c4c([2H])c([2H])c([2H])c([2H])c43)c(-c3ccc4oc5c6ccccc6cc(-c6ccccc6)c5c4c3)c2c1[2H]. The van der Waals surface area contributed by atoms with Crippen LogP contribution in [0.15, 0.2) is 150 Å². The van der Waals surface area contributed by atoms with E-state index in [9.17, 15) is 2.74 Å². The predicted octanol–water partition coefficient (Wildman–Crippen LogP) is 11.5. The molecular formula is C40H24O. The minimum atomic E-state index is -0.585. The molecule has 0 aliphatic carbocycles. The van der Waals surface area contributed by atoms with E-state index in [0.29, 0.717) is 22.1 Å².